The van der Waals surface area contributed by atoms with E-state index < -0.39 is 11.5 Å². The van der Waals surface area contributed by atoms with Gasteiger partial charge in [0.2, 0.25) is 0 Å². The Morgan fingerprint density at radius 2 is 2.04 bits per heavy atom. The van der Waals surface area contributed by atoms with Gasteiger partial charge in [-0.15, -0.1) is 0 Å². The zero-order chi connectivity index (χ0) is 18.1. The predicted octanol–water partition coefficient (Wildman–Crippen LogP) is 3.56. The lowest BCUT2D eigenvalue weighted by molar-refractivity contribution is -0.118. The largest absolute Gasteiger partial charge is 0.484 e. The number of hydrogen-bond donors (Lipinski definition) is 1. The Hall–Kier alpha value is -3.26. The molecule has 8 heteroatoms. The quantitative estimate of drug-likeness (QED) is 0.556. The van der Waals surface area contributed by atoms with E-state index in [9.17, 15) is 14.0 Å². The minimum Gasteiger partial charge on any atom is -0.484 e. The van der Waals surface area contributed by atoms with Crippen LogP contribution in [0.2, 0.25) is 0 Å². The lowest BCUT2D eigenvalue weighted by Gasteiger charge is -2.06. The predicted molar refractivity (Wildman–Crippen MR) is 96.2 cm³/mol. The van der Waals surface area contributed by atoms with Crippen molar-refractivity contribution in [1.29, 1.82) is 0 Å². The van der Waals surface area contributed by atoms with Crippen molar-refractivity contribution in [3.63, 3.8) is 0 Å². The molecule has 0 unspecified atom stereocenters. The van der Waals surface area contributed by atoms with Crippen molar-refractivity contribution >= 4 is 43.6 Å². The topological polar surface area (TPSA) is 81.4 Å². The zero-order valence-electron chi connectivity index (χ0n) is 13.2. The molecule has 0 radical (unpaired) electrons. The summed E-state index contributed by atoms with van der Waals surface area (Å²) in [6, 6.07) is 12.2. The van der Waals surface area contributed by atoms with E-state index in [0.717, 1.165) is 5.39 Å². The number of benzene rings is 2. The van der Waals surface area contributed by atoms with Crippen molar-refractivity contribution < 1.29 is 18.3 Å². The average Bonchev–Trinajstić information content (AvgIpc) is 3.00. The second-order valence-corrected chi connectivity index (χ2v) is 6.45. The summed E-state index contributed by atoms with van der Waals surface area (Å²) in [6.07, 6.45) is 0. The summed E-state index contributed by atoms with van der Waals surface area (Å²) in [7, 11) is 0. The van der Waals surface area contributed by atoms with Gasteiger partial charge in [0.25, 0.3) is 5.91 Å². The van der Waals surface area contributed by atoms with E-state index in [1.807, 2.05) is 0 Å². The Labute approximate surface area is 149 Å². The highest BCUT2D eigenvalue weighted by Gasteiger charge is 2.10. The van der Waals surface area contributed by atoms with E-state index in [1.54, 1.807) is 30.3 Å². The smallest absolute Gasteiger partial charge is 0.336 e. The molecule has 4 aromatic rings. The van der Waals surface area contributed by atoms with Gasteiger partial charge in [-0.05, 0) is 36.4 Å². The van der Waals surface area contributed by atoms with Crippen LogP contribution in [0.4, 0.5) is 9.52 Å². The number of aromatic nitrogens is 1. The molecule has 0 saturated carbocycles. The Morgan fingerprint density at radius 3 is 2.92 bits per heavy atom. The molecule has 2 heterocycles. The number of fused-ring (bicyclic) bond motifs is 2. The third-order valence-corrected chi connectivity index (χ3v) is 4.49. The number of ether oxygens (including phenoxy) is 1. The van der Waals surface area contributed by atoms with Crippen LogP contribution >= 0.6 is 11.3 Å². The van der Waals surface area contributed by atoms with Gasteiger partial charge in [0, 0.05) is 17.5 Å². The summed E-state index contributed by atoms with van der Waals surface area (Å²) >= 11 is 1.18. The Bertz CT molecular complexity index is 1180. The zero-order valence-corrected chi connectivity index (χ0v) is 14.0. The summed E-state index contributed by atoms with van der Waals surface area (Å²) in [5.41, 5.74) is 0.528. The Morgan fingerprint density at radius 1 is 1.19 bits per heavy atom. The van der Waals surface area contributed by atoms with Gasteiger partial charge < -0.3 is 9.15 Å². The fourth-order valence-corrected chi connectivity index (χ4v) is 3.29. The van der Waals surface area contributed by atoms with Gasteiger partial charge >= 0.3 is 5.63 Å². The SMILES string of the molecule is O=C(COc1ccc2ccc(=O)oc2c1)Nc1nc2ccc(F)cc2s1. The van der Waals surface area contributed by atoms with Crippen molar-refractivity contribution in [3.8, 4) is 5.75 Å². The van der Waals surface area contributed by atoms with Crippen LogP contribution in [0.5, 0.6) is 5.75 Å². The monoisotopic (exact) mass is 370 g/mol. The minimum absolute atomic E-state index is 0.243. The second-order valence-electron chi connectivity index (χ2n) is 5.42. The molecule has 0 spiro atoms. The van der Waals surface area contributed by atoms with Crippen LogP contribution < -0.4 is 15.7 Å². The molecule has 2 aromatic carbocycles. The van der Waals surface area contributed by atoms with Crippen LogP contribution in [-0.4, -0.2) is 17.5 Å². The van der Waals surface area contributed by atoms with Crippen molar-refractivity contribution in [2.75, 3.05) is 11.9 Å². The Balaban J connectivity index is 1.43. The van der Waals surface area contributed by atoms with Crippen LogP contribution in [0.25, 0.3) is 21.2 Å². The highest BCUT2D eigenvalue weighted by molar-refractivity contribution is 7.22. The molecule has 6 nitrogen and oxygen atoms in total. The van der Waals surface area contributed by atoms with Gasteiger partial charge in [-0.2, -0.15) is 0 Å². The fourth-order valence-electron chi connectivity index (χ4n) is 2.39. The number of thiazole rings is 1. The molecule has 1 N–H and O–H groups in total. The van der Waals surface area contributed by atoms with Crippen molar-refractivity contribution in [3.05, 3.63) is 64.8 Å². The molecular weight excluding hydrogens is 359 g/mol. The third-order valence-electron chi connectivity index (χ3n) is 3.56. The molecule has 2 aromatic heterocycles. The molecule has 4 rings (SSSR count). The molecule has 0 fully saturated rings. The maximum absolute atomic E-state index is 13.2. The van der Waals surface area contributed by atoms with E-state index >= 15 is 0 Å². The first-order valence-corrected chi connectivity index (χ1v) is 8.41. The molecule has 26 heavy (non-hydrogen) atoms. The van der Waals surface area contributed by atoms with Crippen LogP contribution in [0.1, 0.15) is 0 Å². The summed E-state index contributed by atoms with van der Waals surface area (Å²) < 4.78 is 24.3. The van der Waals surface area contributed by atoms with Gasteiger partial charge in [0.15, 0.2) is 11.7 Å². The molecule has 0 aliphatic carbocycles. The third kappa shape index (κ3) is 3.40. The lowest BCUT2D eigenvalue weighted by Crippen LogP contribution is -2.20. The summed E-state index contributed by atoms with van der Waals surface area (Å²) in [6.45, 7) is -0.243. The van der Waals surface area contributed by atoms with Gasteiger partial charge in [0.1, 0.15) is 17.1 Å². The first-order valence-electron chi connectivity index (χ1n) is 7.59. The van der Waals surface area contributed by atoms with E-state index in [1.165, 1.54) is 29.5 Å². The molecule has 0 saturated heterocycles. The van der Waals surface area contributed by atoms with Crippen molar-refractivity contribution in [2.24, 2.45) is 0 Å². The fraction of sp³-hybridized carbons (Fsp3) is 0.0556. The maximum atomic E-state index is 13.2. The molecular formula is C18H11FN2O4S. The summed E-state index contributed by atoms with van der Waals surface area (Å²) in [5, 5.41) is 3.73. The van der Waals surface area contributed by atoms with Crippen LogP contribution in [0.3, 0.4) is 0 Å². The van der Waals surface area contributed by atoms with E-state index in [-0.39, 0.29) is 12.4 Å². The van der Waals surface area contributed by atoms with Gasteiger partial charge in [-0.1, -0.05) is 11.3 Å². The lowest BCUT2D eigenvalue weighted by atomic mass is 10.2. The van der Waals surface area contributed by atoms with Gasteiger partial charge in [-0.3, -0.25) is 10.1 Å². The molecule has 0 aliphatic heterocycles. The summed E-state index contributed by atoms with van der Waals surface area (Å²) in [4.78, 5) is 27.5. The molecule has 0 aliphatic rings. The highest BCUT2D eigenvalue weighted by Crippen LogP contribution is 2.26. The number of nitrogens with zero attached hydrogens (tertiary/aromatic N) is 1. The molecule has 130 valence electrons. The number of carbonyl (C=O) groups excluding carboxylic acids is 1. The second kappa shape index (κ2) is 6.57. The number of rotatable bonds is 4. The molecule has 0 bridgehead atoms. The number of carbonyl (C=O) groups is 1. The van der Waals surface area contributed by atoms with E-state index in [4.69, 9.17) is 9.15 Å². The number of halogens is 1. The molecule has 0 atom stereocenters. The Kier molecular flexibility index (Phi) is 4.10. The van der Waals surface area contributed by atoms with Crippen molar-refractivity contribution in [2.45, 2.75) is 0 Å². The van der Waals surface area contributed by atoms with Crippen LogP contribution in [-0.2, 0) is 4.79 Å². The molecule has 1 amide bonds. The normalized spacial score (nSPS) is 11.0. The maximum Gasteiger partial charge on any atom is 0.336 e. The number of amides is 1. The van der Waals surface area contributed by atoms with Crippen LogP contribution in [0.15, 0.2) is 57.7 Å². The number of anilines is 1. The first kappa shape index (κ1) is 16.2. The van der Waals surface area contributed by atoms with Gasteiger partial charge in [0.05, 0.1) is 10.2 Å². The van der Waals surface area contributed by atoms with Crippen molar-refractivity contribution in [1.82, 2.24) is 4.98 Å². The standard InChI is InChI=1S/C18H11FN2O4S/c19-11-3-5-13-15(7-11)26-18(20-13)21-16(22)9-24-12-4-1-10-2-6-17(23)25-14(10)8-12/h1-8H,9H2,(H,20,21,22). The highest BCUT2D eigenvalue weighted by atomic mass is 32.1. The van der Waals surface area contributed by atoms with Gasteiger partial charge in [-0.25, -0.2) is 14.2 Å². The minimum atomic E-state index is -0.459. The van der Waals surface area contributed by atoms with E-state index in [2.05, 4.69) is 10.3 Å². The average molecular weight is 370 g/mol. The summed E-state index contributed by atoms with van der Waals surface area (Å²) in [5.74, 6) is -0.363. The number of nitrogens with one attached hydrogen (secondary N) is 1. The van der Waals surface area contributed by atoms with E-state index in [0.29, 0.717) is 26.7 Å². The van der Waals surface area contributed by atoms with Crippen LogP contribution in [0, 0.1) is 5.82 Å². The number of hydrogen-bond acceptors (Lipinski definition) is 6. The first-order chi connectivity index (χ1) is 12.6.